The Labute approximate surface area is 197 Å². The molecule has 4 rings (SSSR count). The van der Waals surface area contributed by atoms with Crippen LogP contribution in [0.5, 0.6) is 29.1 Å². The number of alkyl halides is 3. The number of nitriles is 1. The highest BCUT2D eigenvalue weighted by Gasteiger charge is 2.31. The molecule has 0 radical (unpaired) electrons. The molecular weight excluding hydrogens is 465 g/mol. The van der Waals surface area contributed by atoms with E-state index < -0.39 is 12.1 Å². The molecule has 0 aliphatic carbocycles. The van der Waals surface area contributed by atoms with Gasteiger partial charge in [-0.05, 0) is 31.2 Å². The van der Waals surface area contributed by atoms with Crippen molar-refractivity contribution in [2.45, 2.75) is 33.2 Å². The molecule has 180 valence electrons. The molecule has 0 bridgehead atoms. The lowest BCUT2D eigenvalue weighted by molar-refractivity contribution is -0.274. The molecule has 0 atom stereocenters. The van der Waals surface area contributed by atoms with E-state index in [2.05, 4.69) is 19.7 Å². The third-order valence-corrected chi connectivity index (χ3v) is 4.85. The minimum absolute atomic E-state index is 0.0350. The second-order valence-electron chi connectivity index (χ2n) is 7.20. The van der Waals surface area contributed by atoms with Crippen LogP contribution in [-0.4, -0.2) is 25.9 Å². The molecule has 2 aromatic heterocycles. The molecule has 0 aliphatic heterocycles. The van der Waals surface area contributed by atoms with E-state index in [9.17, 15) is 13.2 Å². The second kappa shape index (κ2) is 9.38. The molecule has 0 fully saturated rings. The number of halogens is 3. The second-order valence-corrected chi connectivity index (χ2v) is 7.20. The van der Waals surface area contributed by atoms with E-state index in [4.69, 9.17) is 20.5 Å². The maximum Gasteiger partial charge on any atom is 0.573 e. The zero-order chi connectivity index (χ0) is 25.2. The molecule has 0 aliphatic rings. The van der Waals surface area contributed by atoms with Crippen molar-refractivity contribution in [2.75, 3.05) is 5.73 Å². The first-order valence-electron chi connectivity index (χ1n) is 10.5. The first-order valence-corrected chi connectivity index (χ1v) is 10.5. The van der Waals surface area contributed by atoms with Gasteiger partial charge in [-0.15, -0.1) is 13.2 Å². The maximum atomic E-state index is 12.6. The Balaban J connectivity index is 1.80. The Morgan fingerprint density at radius 3 is 2.49 bits per heavy atom. The van der Waals surface area contributed by atoms with Crippen LogP contribution in [0.15, 0.2) is 42.5 Å². The largest absolute Gasteiger partial charge is 0.573 e. The van der Waals surface area contributed by atoms with Gasteiger partial charge in [0.25, 0.3) is 5.88 Å². The lowest BCUT2D eigenvalue weighted by atomic mass is 10.2. The van der Waals surface area contributed by atoms with Gasteiger partial charge in [0.1, 0.15) is 17.3 Å². The van der Waals surface area contributed by atoms with Gasteiger partial charge in [-0.1, -0.05) is 13.0 Å². The summed E-state index contributed by atoms with van der Waals surface area (Å²) in [7, 11) is 0. The van der Waals surface area contributed by atoms with Gasteiger partial charge in [-0.25, -0.2) is 4.98 Å². The Hall–Kier alpha value is -4.53. The number of nitrogens with zero attached hydrogens (tertiary/aromatic N) is 5. The van der Waals surface area contributed by atoms with Crippen molar-refractivity contribution in [3.05, 3.63) is 53.9 Å². The molecule has 2 aromatic carbocycles. The van der Waals surface area contributed by atoms with Crippen LogP contribution in [0.2, 0.25) is 0 Å². The zero-order valence-corrected chi connectivity index (χ0v) is 18.6. The van der Waals surface area contributed by atoms with Crippen molar-refractivity contribution in [3.63, 3.8) is 0 Å². The van der Waals surface area contributed by atoms with E-state index in [1.165, 1.54) is 30.3 Å². The van der Waals surface area contributed by atoms with Gasteiger partial charge in [0.05, 0.1) is 17.3 Å². The molecule has 35 heavy (non-hydrogen) atoms. The SMILES string of the molecule is CCc1nc2c(Oc3cccc(OC(F)(F)F)c3)nc(Oc3cc(C#N)ccc3N)nc2n1CC. The van der Waals surface area contributed by atoms with Gasteiger partial charge in [-0.3, -0.25) is 0 Å². The average Bonchev–Trinajstić information content (AvgIpc) is 3.17. The van der Waals surface area contributed by atoms with Crippen LogP contribution in [0.3, 0.4) is 0 Å². The molecular formula is C23H19F3N6O3. The number of hydrogen-bond donors (Lipinski definition) is 1. The molecule has 0 saturated carbocycles. The van der Waals surface area contributed by atoms with Crippen LogP contribution in [0.1, 0.15) is 25.2 Å². The number of aromatic nitrogens is 4. The summed E-state index contributed by atoms with van der Waals surface area (Å²) in [5, 5.41) is 9.17. The minimum atomic E-state index is -4.85. The van der Waals surface area contributed by atoms with Gasteiger partial charge in [0, 0.05) is 25.1 Å². The first kappa shape index (κ1) is 23.6. The fourth-order valence-corrected chi connectivity index (χ4v) is 3.36. The number of imidazole rings is 1. The fourth-order valence-electron chi connectivity index (χ4n) is 3.36. The molecule has 9 nitrogen and oxygen atoms in total. The smallest absolute Gasteiger partial charge is 0.437 e. The fraction of sp³-hybridized carbons (Fsp3) is 0.217. The normalized spacial score (nSPS) is 11.3. The topological polar surface area (TPSA) is 121 Å². The van der Waals surface area contributed by atoms with Crippen LogP contribution < -0.4 is 19.9 Å². The van der Waals surface area contributed by atoms with E-state index in [-0.39, 0.29) is 29.1 Å². The summed E-state index contributed by atoms with van der Waals surface area (Å²) in [5.74, 6) is 0.414. The summed E-state index contributed by atoms with van der Waals surface area (Å²) in [6.45, 7) is 4.37. The van der Waals surface area contributed by atoms with Crippen molar-refractivity contribution in [3.8, 4) is 35.2 Å². The van der Waals surface area contributed by atoms with Crippen LogP contribution in [0, 0.1) is 11.3 Å². The molecule has 0 unspecified atom stereocenters. The predicted molar refractivity (Wildman–Crippen MR) is 119 cm³/mol. The quantitative estimate of drug-likeness (QED) is 0.349. The van der Waals surface area contributed by atoms with Crippen LogP contribution in [0.4, 0.5) is 18.9 Å². The first-order chi connectivity index (χ1) is 16.7. The van der Waals surface area contributed by atoms with Crippen molar-refractivity contribution < 1.29 is 27.4 Å². The molecule has 4 aromatic rings. The summed E-state index contributed by atoms with van der Waals surface area (Å²) in [5.41, 5.74) is 7.25. The standard InChI is InChI=1S/C23H19F3N6O3/c1-3-18-29-19-20(32(18)4-2)30-22(34-17-10-13(12-27)8-9-16(17)28)31-21(19)33-14-6-5-7-15(11-14)35-23(24,25)26/h5-11H,3-4,28H2,1-2H3. The van der Waals surface area contributed by atoms with Gasteiger partial charge in [-0.2, -0.15) is 15.2 Å². The van der Waals surface area contributed by atoms with Crippen LogP contribution in [0.25, 0.3) is 11.2 Å². The van der Waals surface area contributed by atoms with Gasteiger partial charge < -0.3 is 24.5 Å². The monoisotopic (exact) mass is 484 g/mol. The molecule has 0 saturated heterocycles. The van der Waals surface area contributed by atoms with Crippen molar-refractivity contribution in [2.24, 2.45) is 0 Å². The van der Waals surface area contributed by atoms with E-state index in [1.807, 2.05) is 24.5 Å². The number of anilines is 1. The van der Waals surface area contributed by atoms with Crippen molar-refractivity contribution in [1.29, 1.82) is 5.26 Å². The third-order valence-electron chi connectivity index (χ3n) is 4.85. The third kappa shape index (κ3) is 5.19. The Morgan fingerprint density at radius 1 is 1.03 bits per heavy atom. The number of ether oxygens (including phenoxy) is 3. The summed E-state index contributed by atoms with van der Waals surface area (Å²) in [6, 6.07) is 11.4. The summed E-state index contributed by atoms with van der Waals surface area (Å²) in [6.07, 6.45) is -4.26. The van der Waals surface area contributed by atoms with E-state index in [1.54, 1.807) is 0 Å². The molecule has 12 heteroatoms. The number of aryl methyl sites for hydroxylation is 2. The number of benzene rings is 2. The van der Waals surface area contributed by atoms with E-state index in [0.717, 1.165) is 12.1 Å². The summed E-state index contributed by atoms with van der Waals surface area (Å²) >= 11 is 0. The molecule has 0 spiro atoms. The van der Waals surface area contributed by atoms with Crippen LogP contribution in [-0.2, 0) is 13.0 Å². The Kier molecular flexibility index (Phi) is 6.33. The number of hydrogen-bond acceptors (Lipinski definition) is 8. The minimum Gasteiger partial charge on any atom is -0.437 e. The highest BCUT2D eigenvalue weighted by atomic mass is 19.4. The van der Waals surface area contributed by atoms with E-state index >= 15 is 0 Å². The van der Waals surface area contributed by atoms with Gasteiger partial charge in [0.2, 0.25) is 0 Å². The lowest BCUT2D eigenvalue weighted by Crippen LogP contribution is -2.17. The Bertz CT molecular complexity index is 1430. The molecule has 2 heterocycles. The average molecular weight is 484 g/mol. The number of rotatable bonds is 7. The highest BCUT2D eigenvalue weighted by Crippen LogP contribution is 2.34. The van der Waals surface area contributed by atoms with Crippen LogP contribution >= 0.6 is 0 Å². The number of nitrogen functional groups attached to an aromatic ring is 1. The summed E-state index contributed by atoms with van der Waals surface area (Å²) < 4.78 is 55.3. The predicted octanol–water partition coefficient (Wildman–Crippen LogP) is 5.35. The maximum absolute atomic E-state index is 12.6. The Morgan fingerprint density at radius 2 is 1.80 bits per heavy atom. The molecule has 2 N–H and O–H groups in total. The van der Waals surface area contributed by atoms with Gasteiger partial charge >= 0.3 is 12.4 Å². The highest BCUT2D eigenvalue weighted by molar-refractivity contribution is 5.78. The number of fused-ring (bicyclic) bond motifs is 1. The zero-order valence-electron chi connectivity index (χ0n) is 18.6. The summed E-state index contributed by atoms with van der Waals surface area (Å²) in [4.78, 5) is 13.3. The molecule has 0 amide bonds. The number of nitrogens with two attached hydrogens (primary N) is 1. The lowest BCUT2D eigenvalue weighted by Gasteiger charge is -2.12. The van der Waals surface area contributed by atoms with Crippen molar-refractivity contribution in [1.82, 2.24) is 19.5 Å². The van der Waals surface area contributed by atoms with Gasteiger partial charge in [0.15, 0.2) is 16.9 Å². The van der Waals surface area contributed by atoms with Crippen molar-refractivity contribution >= 4 is 16.9 Å². The van der Waals surface area contributed by atoms with E-state index in [0.29, 0.717) is 35.5 Å².